The highest BCUT2D eigenvalue weighted by Gasteiger charge is 2.48. The minimum atomic E-state index is -4.50. The molecule has 0 aromatic heterocycles. The van der Waals surface area contributed by atoms with Crippen LogP contribution in [0.25, 0.3) is 0 Å². The van der Waals surface area contributed by atoms with Crippen LogP contribution in [0.3, 0.4) is 0 Å². The monoisotopic (exact) mass is 394 g/mol. The van der Waals surface area contributed by atoms with Gasteiger partial charge in [-0.05, 0) is 42.7 Å². The van der Waals surface area contributed by atoms with E-state index in [1.165, 1.54) is 18.2 Å². The lowest BCUT2D eigenvalue weighted by Crippen LogP contribution is -2.29. The summed E-state index contributed by atoms with van der Waals surface area (Å²) in [5, 5.41) is 5.09. The number of alkyl halides is 3. The van der Waals surface area contributed by atoms with Crippen molar-refractivity contribution in [1.29, 1.82) is 0 Å². The summed E-state index contributed by atoms with van der Waals surface area (Å²) in [6.07, 6.45) is -3.84. The van der Waals surface area contributed by atoms with Crippen molar-refractivity contribution in [2.75, 3.05) is 11.9 Å². The Morgan fingerprint density at radius 1 is 1.00 bits per heavy atom. The van der Waals surface area contributed by atoms with Gasteiger partial charge in [-0.15, -0.1) is 0 Å². The number of carbonyl (C=O) groups excluding carboxylic acids is 2. The first kappa shape index (κ1) is 19.9. The summed E-state index contributed by atoms with van der Waals surface area (Å²) in [6, 6.07) is 10.6. The number of halogens is 4. The van der Waals surface area contributed by atoms with Crippen molar-refractivity contribution < 1.29 is 27.2 Å². The summed E-state index contributed by atoms with van der Waals surface area (Å²) < 4.78 is 51.7. The molecule has 1 aliphatic rings. The van der Waals surface area contributed by atoms with Crippen molar-refractivity contribution in [3.63, 3.8) is 0 Å². The fourth-order valence-corrected chi connectivity index (χ4v) is 2.94. The maximum absolute atomic E-state index is 13.5. The van der Waals surface area contributed by atoms with E-state index in [2.05, 4.69) is 10.6 Å². The molecular formula is C20H18F4N2O2. The second kappa shape index (κ2) is 8.00. The van der Waals surface area contributed by atoms with E-state index in [0.29, 0.717) is 18.4 Å². The van der Waals surface area contributed by atoms with Gasteiger partial charge in [-0.1, -0.05) is 24.3 Å². The van der Waals surface area contributed by atoms with Gasteiger partial charge in [0.25, 0.3) is 0 Å². The lowest BCUT2D eigenvalue weighted by molar-refractivity contribution is -0.137. The van der Waals surface area contributed by atoms with Crippen LogP contribution in [0.2, 0.25) is 0 Å². The van der Waals surface area contributed by atoms with Crippen LogP contribution in [0.1, 0.15) is 17.5 Å². The SMILES string of the molecule is O=C(NCCc1ccccc1F)C1CC1C(=O)Nc1cccc(C(F)(F)F)c1. The number of rotatable bonds is 6. The smallest absolute Gasteiger partial charge is 0.356 e. The van der Waals surface area contributed by atoms with Crippen LogP contribution in [0.15, 0.2) is 48.5 Å². The second-order valence-corrected chi connectivity index (χ2v) is 6.65. The number of amides is 2. The summed E-state index contributed by atoms with van der Waals surface area (Å²) in [5.74, 6) is -2.26. The molecule has 0 aliphatic heterocycles. The fourth-order valence-electron chi connectivity index (χ4n) is 2.94. The summed E-state index contributed by atoms with van der Waals surface area (Å²) in [4.78, 5) is 24.3. The van der Waals surface area contributed by atoms with E-state index in [9.17, 15) is 27.2 Å². The van der Waals surface area contributed by atoms with E-state index < -0.39 is 29.5 Å². The van der Waals surface area contributed by atoms with Crippen molar-refractivity contribution in [3.05, 3.63) is 65.5 Å². The standard InChI is InChI=1S/C20H18F4N2O2/c21-17-7-2-1-4-12(17)8-9-25-18(27)15-11-16(15)19(28)26-14-6-3-5-13(10-14)20(22,23)24/h1-7,10,15-16H,8-9,11H2,(H,25,27)(H,26,28). The molecule has 0 heterocycles. The topological polar surface area (TPSA) is 58.2 Å². The van der Waals surface area contributed by atoms with Gasteiger partial charge in [0.1, 0.15) is 5.82 Å². The molecule has 2 N–H and O–H groups in total. The van der Waals surface area contributed by atoms with Crippen LogP contribution in [-0.4, -0.2) is 18.4 Å². The Morgan fingerprint density at radius 3 is 2.43 bits per heavy atom. The third-order valence-electron chi connectivity index (χ3n) is 4.57. The van der Waals surface area contributed by atoms with E-state index in [-0.39, 0.29) is 24.0 Å². The molecule has 2 aromatic rings. The fraction of sp³-hybridized carbons (Fsp3) is 0.300. The van der Waals surface area contributed by atoms with Crippen LogP contribution in [-0.2, 0) is 22.2 Å². The Bertz CT molecular complexity index is 883. The van der Waals surface area contributed by atoms with Crippen molar-refractivity contribution in [2.24, 2.45) is 11.8 Å². The molecule has 1 fully saturated rings. The van der Waals surface area contributed by atoms with Crippen molar-refractivity contribution in [1.82, 2.24) is 5.32 Å². The highest BCUT2D eigenvalue weighted by molar-refractivity contribution is 5.99. The zero-order chi connectivity index (χ0) is 20.3. The molecule has 8 heteroatoms. The van der Waals surface area contributed by atoms with Gasteiger partial charge in [0.15, 0.2) is 0 Å². The normalized spacial score (nSPS) is 18.4. The van der Waals surface area contributed by atoms with Crippen LogP contribution in [0, 0.1) is 17.7 Å². The Labute approximate surface area is 158 Å². The van der Waals surface area contributed by atoms with E-state index in [4.69, 9.17) is 0 Å². The number of hydrogen-bond donors (Lipinski definition) is 2. The van der Waals surface area contributed by atoms with Gasteiger partial charge in [0.2, 0.25) is 11.8 Å². The van der Waals surface area contributed by atoms with Gasteiger partial charge in [0, 0.05) is 12.2 Å². The van der Waals surface area contributed by atoms with Gasteiger partial charge in [-0.2, -0.15) is 13.2 Å². The molecule has 2 atom stereocenters. The number of anilines is 1. The van der Waals surface area contributed by atoms with E-state index in [1.54, 1.807) is 18.2 Å². The third kappa shape index (κ3) is 4.88. The molecule has 0 bridgehead atoms. The highest BCUT2D eigenvalue weighted by Crippen LogP contribution is 2.39. The molecule has 4 nitrogen and oxygen atoms in total. The Hall–Kier alpha value is -2.90. The van der Waals surface area contributed by atoms with Crippen LogP contribution < -0.4 is 10.6 Å². The quantitative estimate of drug-likeness (QED) is 0.733. The molecule has 2 aromatic carbocycles. The minimum Gasteiger partial charge on any atom is -0.356 e. The largest absolute Gasteiger partial charge is 0.416 e. The van der Waals surface area contributed by atoms with Gasteiger partial charge in [-0.25, -0.2) is 4.39 Å². The molecule has 148 valence electrons. The predicted octanol–water partition coefficient (Wildman–Crippen LogP) is 3.78. The zero-order valence-electron chi connectivity index (χ0n) is 14.7. The molecule has 2 unspecified atom stereocenters. The van der Waals surface area contributed by atoms with E-state index in [1.807, 2.05) is 0 Å². The molecule has 3 rings (SSSR count). The number of hydrogen-bond acceptors (Lipinski definition) is 2. The van der Waals surface area contributed by atoms with Gasteiger partial charge >= 0.3 is 6.18 Å². The van der Waals surface area contributed by atoms with Crippen LogP contribution >= 0.6 is 0 Å². The van der Waals surface area contributed by atoms with E-state index in [0.717, 1.165) is 12.1 Å². The highest BCUT2D eigenvalue weighted by atomic mass is 19.4. The maximum Gasteiger partial charge on any atom is 0.416 e. The average molecular weight is 394 g/mol. The third-order valence-corrected chi connectivity index (χ3v) is 4.57. The van der Waals surface area contributed by atoms with Gasteiger partial charge < -0.3 is 10.6 Å². The molecule has 2 amide bonds. The Kier molecular flexibility index (Phi) is 5.67. The molecule has 0 spiro atoms. The summed E-state index contributed by atoms with van der Waals surface area (Å²) in [5.41, 5.74) is -0.341. The summed E-state index contributed by atoms with van der Waals surface area (Å²) in [6.45, 7) is 0.234. The van der Waals surface area contributed by atoms with Crippen molar-refractivity contribution in [3.8, 4) is 0 Å². The second-order valence-electron chi connectivity index (χ2n) is 6.65. The number of nitrogens with one attached hydrogen (secondary N) is 2. The first-order valence-electron chi connectivity index (χ1n) is 8.75. The Balaban J connectivity index is 1.47. The number of carbonyl (C=O) groups is 2. The van der Waals surface area contributed by atoms with Gasteiger partial charge in [-0.3, -0.25) is 9.59 Å². The minimum absolute atomic E-state index is 0.0328. The number of benzene rings is 2. The van der Waals surface area contributed by atoms with E-state index >= 15 is 0 Å². The van der Waals surface area contributed by atoms with Crippen LogP contribution in [0.5, 0.6) is 0 Å². The van der Waals surface area contributed by atoms with Crippen molar-refractivity contribution in [2.45, 2.75) is 19.0 Å². The summed E-state index contributed by atoms with van der Waals surface area (Å²) >= 11 is 0. The van der Waals surface area contributed by atoms with Crippen molar-refractivity contribution >= 4 is 17.5 Å². The Morgan fingerprint density at radius 2 is 1.71 bits per heavy atom. The predicted molar refractivity (Wildman–Crippen MR) is 94.8 cm³/mol. The molecule has 1 saturated carbocycles. The molecule has 1 aliphatic carbocycles. The molecular weight excluding hydrogens is 376 g/mol. The average Bonchev–Trinajstić information content (AvgIpc) is 3.44. The molecule has 28 heavy (non-hydrogen) atoms. The molecule has 0 radical (unpaired) electrons. The summed E-state index contributed by atoms with van der Waals surface area (Å²) in [7, 11) is 0. The molecule has 0 saturated heterocycles. The first-order chi connectivity index (χ1) is 13.3. The van der Waals surface area contributed by atoms with Gasteiger partial charge in [0.05, 0.1) is 17.4 Å². The maximum atomic E-state index is 13.5. The lowest BCUT2D eigenvalue weighted by atomic mass is 10.1. The lowest BCUT2D eigenvalue weighted by Gasteiger charge is -2.10. The first-order valence-corrected chi connectivity index (χ1v) is 8.75. The zero-order valence-corrected chi connectivity index (χ0v) is 14.7. The van der Waals surface area contributed by atoms with Crippen LogP contribution in [0.4, 0.5) is 23.2 Å².